The molecule has 1 aromatic heterocycles. The highest BCUT2D eigenvalue weighted by molar-refractivity contribution is 8.00. The molecule has 0 saturated heterocycles. The second kappa shape index (κ2) is 7.40. The van der Waals surface area contributed by atoms with Crippen molar-refractivity contribution in [2.75, 3.05) is 0 Å². The first-order valence-electron chi connectivity index (χ1n) is 7.71. The number of Topliss-reactive ketones (excluding diaryl/α,β-unsaturated/α-hetero) is 1. The Balaban J connectivity index is 1.71. The summed E-state index contributed by atoms with van der Waals surface area (Å²) in [4.78, 5) is 12.6. The van der Waals surface area contributed by atoms with Crippen LogP contribution >= 0.6 is 11.8 Å². The molecule has 0 bridgehead atoms. The molecule has 0 aliphatic carbocycles. The van der Waals surface area contributed by atoms with Crippen LogP contribution in [-0.2, 0) is 6.54 Å². The molecule has 5 nitrogen and oxygen atoms in total. The molecular formula is C18H18N4OS. The fraction of sp³-hybridized carbons (Fsp3) is 0.222. The second-order valence-corrected chi connectivity index (χ2v) is 6.90. The Morgan fingerprint density at radius 1 is 1.12 bits per heavy atom. The first-order valence-corrected chi connectivity index (χ1v) is 8.59. The summed E-state index contributed by atoms with van der Waals surface area (Å²) in [6.07, 6.45) is 0. The third-order valence-corrected chi connectivity index (χ3v) is 4.73. The molecule has 0 N–H and O–H groups in total. The van der Waals surface area contributed by atoms with Crippen molar-refractivity contribution < 1.29 is 4.79 Å². The van der Waals surface area contributed by atoms with Gasteiger partial charge < -0.3 is 0 Å². The van der Waals surface area contributed by atoms with Crippen LogP contribution in [0.2, 0.25) is 0 Å². The molecule has 1 heterocycles. The lowest BCUT2D eigenvalue weighted by atomic mass is 10.1. The number of tetrazole rings is 1. The minimum Gasteiger partial charge on any atom is -0.293 e. The van der Waals surface area contributed by atoms with Crippen LogP contribution in [0.15, 0.2) is 59.8 Å². The van der Waals surface area contributed by atoms with Gasteiger partial charge in [0.15, 0.2) is 5.78 Å². The van der Waals surface area contributed by atoms with Gasteiger partial charge >= 0.3 is 0 Å². The van der Waals surface area contributed by atoms with Crippen molar-refractivity contribution in [2.24, 2.45) is 0 Å². The molecule has 122 valence electrons. The summed E-state index contributed by atoms with van der Waals surface area (Å²) in [5.41, 5.74) is 2.96. The summed E-state index contributed by atoms with van der Waals surface area (Å²) >= 11 is 1.38. The maximum atomic E-state index is 12.6. The zero-order chi connectivity index (χ0) is 16.9. The predicted octanol–water partition coefficient (Wildman–Crippen LogP) is 3.39. The van der Waals surface area contributed by atoms with Crippen LogP contribution in [0.5, 0.6) is 0 Å². The molecule has 0 saturated carbocycles. The maximum Gasteiger partial charge on any atom is 0.210 e. The minimum atomic E-state index is -0.256. The third kappa shape index (κ3) is 3.89. The fourth-order valence-electron chi connectivity index (χ4n) is 2.30. The largest absolute Gasteiger partial charge is 0.293 e. The Morgan fingerprint density at radius 2 is 1.83 bits per heavy atom. The van der Waals surface area contributed by atoms with Crippen molar-refractivity contribution in [3.8, 4) is 0 Å². The van der Waals surface area contributed by atoms with E-state index in [2.05, 4.69) is 15.5 Å². The topological polar surface area (TPSA) is 60.7 Å². The standard InChI is InChI=1S/C18H18N4OS/c1-13-8-10-16(11-9-13)17(23)14(2)24-18-19-20-21-22(18)12-15-6-4-3-5-7-15/h3-11,14H,12H2,1-2H3. The molecule has 0 spiro atoms. The molecule has 2 aromatic carbocycles. The van der Waals surface area contributed by atoms with Crippen LogP contribution in [0, 0.1) is 6.92 Å². The zero-order valence-electron chi connectivity index (χ0n) is 13.6. The Hall–Kier alpha value is -2.47. The lowest BCUT2D eigenvalue weighted by Gasteiger charge is -2.10. The molecule has 1 atom stereocenters. The van der Waals surface area contributed by atoms with E-state index in [9.17, 15) is 4.79 Å². The quantitative estimate of drug-likeness (QED) is 0.509. The van der Waals surface area contributed by atoms with E-state index >= 15 is 0 Å². The zero-order valence-corrected chi connectivity index (χ0v) is 14.4. The van der Waals surface area contributed by atoms with Crippen molar-refractivity contribution in [1.82, 2.24) is 20.2 Å². The van der Waals surface area contributed by atoms with Crippen LogP contribution in [0.3, 0.4) is 0 Å². The number of hydrogen-bond acceptors (Lipinski definition) is 5. The van der Waals surface area contributed by atoms with Gasteiger partial charge in [0.2, 0.25) is 5.16 Å². The minimum absolute atomic E-state index is 0.0780. The lowest BCUT2D eigenvalue weighted by Crippen LogP contribution is -2.15. The number of benzene rings is 2. The SMILES string of the molecule is Cc1ccc(C(=O)C(C)Sc2nnnn2Cc2ccccc2)cc1. The number of hydrogen-bond donors (Lipinski definition) is 0. The summed E-state index contributed by atoms with van der Waals surface area (Å²) in [5.74, 6) is 0.0780. The van der Waals surface area contributed by atoms with E-state index in [1.165, 1.54) is 11.8 Å². The molecule has 0 aliphatic heterocycles. The lowest BCUT2D eigenvalue weighted by molar-refractivity contribution is 0.0994. The van der Waals surface area contributed by atoms with Crippen molar-refractivity contribution in [2.45, 2.75) is 30.8 Å². The Kier molecular flexibility index (Phi) is 5.05. The van der Waals surface area contributed by atoms with E-state index < -0.39 is 0 Å². The fourth-order valence-corrected chi connectivity index (χ4v) is 3.17. The van der Waals surface area contributed by atoms with E-state index in [0.717, 1.165) is 11.1 Å². The van der Waals surface area contributed by atoms with Gasteiger partial charge in [-0.15, -0.1) is 5.10 Å². The van der Waals surface area contributed by atoms with E-state index in [-0.39, 0.29) is 11.0 Å². The third-order valence-electron chi connectivity index (χ3n) is 3.66. The molecule has 3 aromatic rings. The number of nitrogens with zero attached hydrogens (tertiary/aromatic N) is 4. The van der Waals surface area contributed by atoms with Gasteiger partial charge in [0, 0.05) is 5.56 Å². The number of ketones is 1. The molecule has 0 radical (unpaired) electrons. The average molecular weight is 338 g/mol. The molecule has 0 fully saturated rings. The van der Waals surface area contributed by atoms with Crippen LogP contribution < -0.4 is 0 Å². The highest BCUT2D eigenvalue weighted by atomic mass is 32.2. The normalized spacial score (nSPS) is 12.1. The van der Waals surface area contributed by atoms with Crippen LogP contribution in [-0.4, -0.2) is 31.2 Å². The molecule has 3 rings (SSSR count). The first-order chi connectivity index (χ1) is 11.6. The van der Waals surface area contributed by atoms with E-state index in [1.807, 2.05) is 68.4 Å². The summed E-state index contributed by atoms with van der Waals surface area (Å²) in [6.45, 7) is 4.47. The van der Waals surface area contributed by atoms with Gasteiger partial charge in [0.05, 0.1) is 11.8 Å². The van der Waals surface area contributed by atoms with E-state index in [0.29, 0.717) is 17.3 Å². The number of rotatable bonds is 6. The maximum absolute atomic E-state index is 12.6. The highest BCUT2D eigenvalue weighted by Crippen LogP contribution is 2.24. The average Bonchev–Trinajstić information content (AvgIpc) is 3.02. The van der Waals surface area contributed by atoms with E-state index in [4.69, 9.17) is 0 Å². The summed E-state index contributed by atoms with van der Waals surface area (Å²) < 4.78 is 1.72. The number of carbonyl (C=O) groups is 1. The summed E-state index contributed by atoms with van der Waals surface area (Å²) in [6, 6.07) is 17.6. The van der Waals surface area contributed by atoms with Crippen molar-refractivity contribution >= 4 is 17.5 Å². The molecule has 24 heavy (non-hydrogen) atoms. The van der Waals surface area contributed by atoms with Gasteiger partial charge in [-0.2, -0.15) is 0 Å². The van der Waals surface area contributed by atoms with Crippen molar-refractivity contribution in [1.29, 1.82) is 0 Å². The summed E-state index contributed by atoms with van der Waals surface area (Å²) in [7, 11) is 0. The Labute approximate surface area is 145 Å². The number of thioether (sulfide) groups is 1. The van der Waals surface area contributed by atoms with Crippen LogP contribution in [0.1, 0.15) is 28.4 Å². The predicted molar refractivity (Wildman–Crippen MR) is 94.2 cm³/mol. The van der Waals surface area contributed by atoms with Gasteiger partial charge in [-0.1, -0.05) is 71.9 Å². The summed E-state index contributed by atoms with van der Waals surface area (Å²) in [5, 5.41) is 12.2. The number of carbonyl (C=O) groups excluding carboxylic acids is 1. The number of aromatic nitrogens is 4. The second-order valence-electron chi connectivity index (χ2n) is 5.60. The molecule has 1 unspecified atom stereocenters. The van der Waals surface area contributed by atoms with Crippen LogP contribution in [0.4, 0.5) is 0 Å². The molecular weight excluding hydrogens is 320 g/mol. The van der Waals surface area contributed by atoms with Gasteiger partial charge in [0.1, 0.15) is 0 Å². The van der Waals surface area contributed by atoms with Crippen molar-refractivity contribution in [3.05, 3.63) is 71.3 Å². The van der Waals surface area contributed by atoms with Crippen molar-refractivity contribution in [3.63, 3.8) is 0 Å². The van der Waals surface area contributed by atoms with E-state index in [1.54, 1.807) is 4.68 Å². The van der Waals surface area contributed by atoms with Gasteiger partial charge in [-0.25, -0.2) is 4.68 Å². The first kappa shape index (κ1) is 16.4. The van der Waals surface area contributed by atoms with Gasteiger partial charge in [-0.05, 0) is 29.8 Å². The van der Waals surface area contributed by atoms with Crippen LogP contribution in [0.25, 0.3) is 0 Å². The molecule has 6 heteroatoms. The Morgan fingerprint density at radius 3 is 2.54 bits per heavy atom. The molecule has 0 aliphatic rings. The highest BCUT2D eigenvalue weighted by Gasteiger charge is 2.20. The molecule has 0 amide bonds. The smallest absolute Gasteiger partial charge is 0.210 e. The van der Waals surface area contributed by atoms with Gasteiger partial charge in [-0.3, -0.25) is 4.79 Å². The Bertz CT molecular complexity index is 815. The monoisotopic (exact) mass is 338 g/mol. The number of aryl methyl sites for hydroxylation is 1. The van der Waals surface area contributed by atoms with Gasteiger partial charge in [0.25, 0.3) is 0 Å².